The van der Waals surface area contributed by atoms with Crippen molar-refractivity contribution in [2.24, 2.45) is 5.92 Å². The maximum absolute atomic E-state index is 9.48. The van der Waals surface area contributed by atoms with Gasteiger partial charge in [-0.15, -0.1) is 0 Å². The van der Waals surface area contributed by atoms with Crippen molar-refractivity contribution in [2.75, 3.05) is 20.3 Å². The zero-order valence-corrected chi connectivity index (χ0v) is 10.7. The van der Waals surface area contributed by atoms with E-state index < -0.39 is 0 Å². The number of nitrogens with one attached hydrogen (secondary N) is 1. The van der Waals surface area contributed by atoms with Crippen LogP contribution in [0.15, 0.2) is 18.2 Å². The number of rotatable bonds is 6. The van der Waals surface area contributed by atoms with Crippen molar-refractivity contribution in [3.05, 3.63) is 28.8 Å². The largest absolute Gasteiger partial charge is 0.496 e. The van der Waals surface area contributed by atoms with Gasteiger partial charge in [0, 0.05) is 10.6 Å². The van der Waals surface area contributed by atoms with E-state index in [4.69, 9.17) is 16.3 Å². The summed E-state index contributed by atoms with van der Waals surface area (Å²) in [5.74, 6) is 1.48. The van der Waals surface area contributed by atoms with Crippen LogP contribution < -0.4 is 10.1 Å². The summed E-state index contributed by atoms with van der Waals surface area (Å²) < 4.78 is 5.30. The van der Waals surface area contributed by atoms with E-state index in [1.54, 1.807) is 7.11 Å². The molecule has 0 amide bonds. The van der Waals surface area contributed by atoms with Crippen LogP contribution in [0.1, 0.15) is 24.4 Å². The zero-order chi connectivity index (χ0) is 12.3. The average Bonchev–Trinajstić information content (AvgIpc) is 3.15. The molecule has 94 valence electrons. The van der Waals surface area contributed by atoms with E-state index in [-0.39, 0.29) is 12.6 Å². The first kappa shape index (κ1) is 12.7. The second kappa shape index (κ2) is 5.71. The number of methoxy groups -OCH3 is 1. The van der Waals surface area contributed by atoms with E-state index in [9.17, 15) is 5.11 Å². The van der Waals surface area contributed by atoms with Crippen molar-refractivity contribution in [3.8, 4) is 5.75 Å². The van der Waals surface area contributed by atoms with E-state index in [0.29, 0.717) is 5.02 Å². The second-order valence-electron chi connectivity index (χ2n) is 4.44. The third kappa shape index (κ3) is 3.12. The number of hydrogen-bond acceptors (Lipinski definition) is 3. The lowest BCUT2D eigenvalue weighted by atomic mass is 10.1. The number of benzene rings is 1. The molecule has 3 nitrogen and oxygen atoms in total. The maximum Gasteiger partial charge on any atom is 0.125 e. The molecule has 1 aliphatic rings. The lowest BCUT2D eigenvalue weighted by Crippen LogP contribution is -2.27. The predicted molar refractivity (Wildman–Crippen MR) is 68.6 cm³/mol. The molecule has 1 aromatic rings. The normalized spacial score (nSPS) is 16.9. The Hall–Kier alpha value is -0.770. The van der Waals surface area contributed by atoms with Gasteiger partial charge < -0.3 is 15.2 Å². The summed E-state index contributed by atoms with van der Waals surface area (Å²) in [7, 11) is 1.62. The van der Waals surface area contributed by atoms with Crippen LogP contribution in [-0.2, 0) is 0 Å². The van der Waals surface area contributed by atoms with Crippen LogP contribution in [0.5, 0.6) is 5.75 Å². The number of ether oxygens (including phenoxy) is 1. The summed E-state index contributed by atoms with van der Waals surface area (Å²) in [5.41, 5.74) is 0.847. The first-order chi connectivity index (χ1) is 8.26. The first-order valence-electron chi connectivity index (χ1n) is 5.93. The van der Waals surface area contributed by atoms with Gasteiger partial charge in [0.1, 0.15) is 5.75 Å². The van der Waals surface area contributed by atoms with Crippen LogP contribution in [0.2, 0.25) is 5.02 Å². The van der Waals surface area contributed by atoms with Crippen LogP contribution in [0.25, 0.3) is 0 Å². The maximum atomic E-state index is 9.48. The van der Waals surface area contributed by atoms with Crippen LogP contribution in [-0.4, -0.2) is 25.4 Å². The smallest absolute Gasteiger partial charge is 0.125 e. The quantitative estimate of drug-likeness (QED) is 0.820. The zero-order valence-electron chi connectivity index (χ0n) is 9.95. The standard InChI is InChI=1S/C13H18ClNO2/c1-17-12-4-2-3-10(14)13(12)11(8-16)15-7-9-5-6-9/h2-4,9,11,15-16H,5-8H2,1H3. The Morgan fingerprint density at radius 3 is 2.88 bits per heavy atom. The van der Waals surface area contributed by atoms with Crippen molar-refractivity contribution in [3.63, 3.8) is 0 Å². The van der Waals surface area contributed by atoms with Crippen molar-refractivity contribution in [2.45, 2.75) is 18.9 Å². The highest BCUT2D eigenvalue weighted by atomic mass is 35.5. The van der Waals surface area contributed by atoms with Gasteiger partial charge in [-0.2, -0.15) is 0 Å². The van der Waals surface area contributed by atoms with Gasteiger partial charge in [0.2, 0.25) is 0 Å². The molecule has 1 fully saturated rings. The summed E-state index contributed by atoms with van der Waals surface area (Å²) in [5, 5.41) is 13.5. The highest BCUT2D eigenvalue weighted by molar-refractivity contribution is 6.31. The minimum absolute atomic E-state index is 0.0206. The SMILES string of the molecule is COc1cccc(Cl)c1C(CO)NCC1CC1. The molecule has 0 aliphatic heterocycles. The summed E-state index contributed by atoms with van der Waals surface area (Å²) in [6, 6.07) is 5.38. The number of aliphatic hydroxyl groups is 1. The molecule has 2 rings (SSSR count). The minimum Gasteiger partial charge on any atom is -0.496 e. The van der Waals surface area contributed by atoms with Crippen LogP contribution in [0.4, 0.5) is 0 Å². The van der Waals surface area contributed by atoms with Crippen molar-refractivity contribution in [1.82, 2.24) is 5.32 Å². The Balaban J connectivity index is 2.15. The van der Waals surface area contributed by atoms with E-state index in [1.807, 2.05) is 18.2 Å². The molecule has 2 N–H and O–H groups in total. The summed E-state index contributed by atoms with van der Waals surface area (Å²) >= 11 is 6.18. The molecule has 0 aromatic heterocycles. The molecule has 17 heavy (non-hydrogen) atoms. The van der Waals surface area contributed by atoms with Crippen LogP contribution in [0.3, 0.4) is 0 Å². The molecule has 1 unspecified atom stereocenters. The third-order valence-corrected chi connectivity index (χ3v) is 3.44. The molecule has 1 atom stereocenters. The molecule has 1 aromatic carbocycles. The second-order valence-corrected chi connectivity index (χ2v) is 4.85. The monoisotopic (exact) mass is 255 g/mol. The van der Waals surface area contributed by atoms with Crippen LogP contribution in [0, 0.1) is 5.92 Å². The van der Waals surface area contributed by atoms with Gasteiger partial charge in [0.05, 0.1) is 19.8 Å². The summed E-state index contributed by atoms with van der Waals surface area (Å²) in [4.78, 5) is 0. The van der Waals surface area contributed by atoms with Gasteiger partial charge >= 0.3 is 0 Å². The van der Waals surface area contributed by atoms with Gasteiger partial charge in [-0.1, -0.05) is 17.7 Å². The Bertz CT molecular complexity index is 380. The Morgan fingerprint density at radius 2 is 2.29 bits per heavy atom. The summed E-state index contributed by atoms with van der Waals surface area (Å²) in [6.07, 6.45) is 2.57. The average molecular weight is 256 g/mol. The van der Waals surface area contributed by atoms with Gasteiger partial charge in [-0.05, 0) is 37.4 Å². The molecular weight excluding hydrogens is 238 g/mol. The van der Waals surface area contributed by atoms with Gasteiger partial charge in [0.15, 0.2) is 0 Å². The number of halogens is 1. The third-order valence-electron chi connectivity index (χ3n) is 3.11. The van der Waals surface area contributed by atoms with Gasteiger partial charge in [-0.25, -0.2) is 0 Å². The molecule has 0 saturated heterocycles. The minimum atomic E-state index is -0.153. The van der Waals surface area contributed by atoms with Gasteiger partial charge in [-0.3, -0.25) is 0 Å². The first-order valence-corrected chi connectivity index (χ1v) is 6.30. The Kier molecular flexibility index (Phi) is 4.26. The molecule has 0 radical (unpaired) electrons. The van der Waals surface area contributed by atoms with E-state index in [2.05, 4.69) is 5.32 Å². The lowest BCUT2D eigenvalue weighted by Gasteiger charge is -2.20. The molecular formula is C13H18ClNO2. The number of aliphatic hydroxyl groups excluding tert-OH is 1. The molecule has 1 aliphatic carbocycles. The molecule has 0 bridgehead atoms. The fraction of sp³-hybridized carbons (Fsp3) is 0.538. The molecule has 0 heterocycles. The van der Waals surface area contributed by atoms with Crippen molar-refractivity contribution < 1.29 is 9.84 Å². The molecule has 4 heteroatoms. The van der Waals surface area contributed by atoms with E-state index in [0.717, 1.165) is 23.8 Å². The van der Waals surface area contributed by atoms with Crippen molar-refractivity contribution >= 4 is 11.6 Å². The highest BCUT2D eigenvalue weighted by Gasteiger charge is 2.24. The van der Waals surface area contributed by atoms with Crippen molar-refractivity contribution in [1.29, 1.82) is 0 Å². The molecule has 0 spiro atoms. The highest BCUT2D eigenvalue weighted by Crippen LogP contribution is 2.33. The fourth-order valence-corrected chi connectivity index (χ4v) is 2.22. The summed E-state index contributed by atoms with van der Waals surface area (Å²) in [6.45, 7) is 0.951. The predicted octanol–water partition coefficient (Wildman–Crippen LogP) is 2.38. The lowest BCUT2D eigenvalue weighted by molar-refractivity contribution is 0.240. The Morgan fingerprint density at radius 1 is 1.53 bits per heavy atom. The molecule has 1 saturated carbocycles. The van der Waals surface area contributed by atoms with Gasteiger partial charge in [0.25, 0.3) is 0 Å². The number of hydrogen-bond donors (Lipinski definition) is 2. The van der Waals surface area contributed by atoms with Crippen LogP contribution >= 0.6 is 11.6 Å². The topological polar surface area (TPSA) is 41.5 Å². The van der Waals surface area contributed by atoms with E-state index >= 15 is 0 Å². The Labute approximate surface area is 107 Å². The fourth-order valence-electron chi connectivity index (χ4n) is 1.92. The van der Waals surface area contributed by atoms with E-state index in [1.165, 1.54) is 12.8 Å².